The van der Waals surface area contributed by atoms with Crippen LogP contribution in [-0.4, -0.2) is 44.7 Å². The van der Waals surface area contributed by atoms with Gasteiger partial charge in [-0.1, -0.05) is 26.6 Å². The molecule has 0 fully saturated rings. The van der Waals surface area contributed by atoms with E-state index in [2.05, 4.69) is 11.1 Å². The first-order chi connectivity index (χ1) is 17.1. The predicted molar refractivity (Wildman–Crippen MR) is 149 cm³/mol. The van der Waals surface area contributed by atoms with Crippen molar-refractivity contribution in [3.05, 3.63) is 46.8 Å². The second-order valence-electron chi connectivity index (χ2n) is 11.1. The summed E-state index contributed by atoms with van der Waals surface area (Å²) < 4.78 is 6.91. The number of methoxy groups -OCH3 is 1. The zero-order valence-corrected chi connectivity index (χ0v) is 24.2. The van der Waals surface area contributed by atoms with Gasteiger partial charge >= 0.3 is 11.9 Å². The molecule has 4 N–H and O–H groups in total. The number of aromatic amines is 1. The van der Waals surface area contributed by atoms with Crippen LogP contribution in [-0.2, 0) is 26.2 Å². The first kappa shape index (κ1) is 27.5. The van der Waals surface area contributed by atoms with Crippen molar-refractivity contribution in [3.63, 3.8) is 0 Å². The van der Waals surface area contributed by atoms with Gasteiger partial charge in [-0.05, 0) is 71.7 Å². The summed E-state index contributed by atoms with van der Waals surface area (Å²) in [5, 5.41) is 9.35. The van der Waals surface area contributed by atoms with Gasteiger partial charge in [0.15, 0.2) is 11.3 Å². The summed E-state index contributed by atoms with van der Waals surface area (Å²) in [6.45, 7) is 13.6. The zero-order valence-electron chi connectivity index (χ0n) is 22.6. The molecule has 3 aromatic rings. The van der Waals surface area contributed by atoms with Gasteiger partial charge in [0.25, 0.3) is 0 Å². The number of H-pyrrole nitrogens is 1. The SMILES string of the molecule is COc1cc[n+](-c2nc3cc4c(cc3[nH]2)C(C)(C)C(=O)C4(C)C)c(CSSC(C)(C)C(N)C(=O)O)c1C. The van der Waals surface area contributed by atoms with Gasteiger partial charge in [-0.3, -0.25) is 9.59 Å². The van der Waals surface area contributed by atoms with Gasteiger partial charge in [-0.15, -0.1) is 0 Å². The molecule has 0 spiro atoms. The van der Waals surface area contributed by atoms with E-state index in [0.717, 1.165) is 39.2 Å². The Morgan fingerprint density at radius 3 is 2.46 bits per heavy atom. The minimum absolute atomic E-state index is 0.213. The fraction of sp³-hybridized carbons (Fsp3) is 0.481. The molecule has 2 heterocycles. The highest BCUT2D eigenvalue weighted by Gasteiger charge is 2.51. The molecule has 0 amide bonds. The summed E-state index contributed by atoms with van der Waals surface area (Å²) in [5.74, 6) is 1.19. The number of ketones is 1. The van der Waals surface area contributed by atoms with Gasteiger partial charge in [0.2, 0.25) is 0 Å². The number of pyridine rings is 1. The number of hydrogen-bond acceptors (Lipinski definition) is 7. The molecule has 0 saturated carbocycles. The Balaban J connectivity index is 1.74. The van der Waals surface area contributed by atoms with Gasteiger partial charge in [0.05, 0.1) is 19.1 Å². The van der Waals surface area contributed by atoms with Crippen LogP contribution in [0.3, 0.4) is 0 Å². The number of hydrogen-bond donors (Lipinski definition) is 3. The molecule has 1 aromatic carbocycles. The zero-order chi connectivity index (χ0) is 27.5. The molecule has 0 bridgehead atoms. The summed E-state index contributed by atoms with van der Waals surface area (Å²) >= 11 is 0. The van der Waals surface area contributed by atoms with Gasteiger partial charge in [-0.25, -0.2) is 9.55 Å². The van der Waals surface area contributed by atoms with Crippen LogP contribution in [0.2, 0.25) is 0 Å². The molecule has 1 unspecified atom stereocenters. The van der Waals surface area contributed by atoms with E-state index in [1.165, 1.54) is 10.8 Å². The van der Waals surface area contributed by atoms with E-state index >= 15 is 0 Å². The molecule has 37 heavy (non-hydrogen) atoms. The van der Waals surface area contributed by atoms with Crippen molar-refractivity contribution in [2.45, 2.75) is 75.8 Å². The molecule has 0 saturated heterocycles. The quantitative estimate of drug-likeness (QED) is 0.283. The van der Waals surface area contributed by atoms with Crippen LogP contribution in [0.1, 0.15) is 63.9 Å². The number of benzene rings is 1. The Morgan fingerprint density at radius 1 is 1.24 bits per heavy atom. The van der Waals surface area contributed by atoms with Crippen molar-refractivity contribution in [1.82, 2.24) is 9.97 Å². The number of aromatic nitrogens is 3. The van der Waals surface area contributed by atoms with Crippen LogP contribution in [0.25, 0.3) is 17.0 Å². The van der Waals surface area contributed by atoms with E-state index in [1.807, 2.05) is 71.4 Å². The molecule has 1 aliphatic rings. The van der Waals surface area contributed by atoms with E-state index in [9.17, 15) is 14.7 Å². The number of fused-ring (bicyclic) bond motifs is 2. The molecule has 10 heteroatoms. The van der Waals surface area contributed by atoms with Crippen molar-refractivity contribution in [2.24, 2.45) is 5.73 Å². The van der Waals surface area contributed by atoms with E-state index in [0.29, 0.717) is 11.7 Å². The Bertz CT molecular complexity index is 1360. The lowest BCUT2D eigenvalue weighted by atomic mass is 9.80. The number of carboxylic acids is 1. The Hall–Kier alpha value is -2.56. The summed E-state index contributed by atoms with van der Waals surface area (Å²) in [5.41, 5.74) is 10.4. The van der Waals surface area contributed by atoms with E-state index in [4.69, 9.17) is 15.5 Å². The van der Waals surface area contributed by atoms with Crippen molar-refractivity contribution < 1.29 is 24.0 Å². The molecule has 198 valence electrons. The Kier molecular flexibility index (Phi) is 6.92. The normalized spacial score (nSPS) is 17.2. The number of carbonyl (C=O) groups excluding carboxylic acids is 1. The molecule has 2 aromatic heterocycles. The lowest BCUT2D eigenvalue weighted by molar-refractivity contribution is -0.610. The van der Waals surface area contributed by atoms with Crippen molar-refractivity contribution in [2.75, 3.05) is 7.11 Å². The van der Waals surface area contributed by atoms with E-state index in [-0.39, 0.29) is 5.78 Å². The number of nitrogens with two attached hydrogens (primary N) is 1. The maximum absolute atomic E-state index is 13.1. The number of rotatable bonds is 8. The van der Waals surface area contributed by atoms with Crippen molar-refractivity contribution >= 4 is 44.4 Å². The third kappa shape index (κ3) is 4.53. The molecule has 0 radical (unpaired) electrons. The number of nitrogens with one attached hydrogen (secondary N) is 1. The first-order valence-electron chi connectivity index (χ1n) is 12.1. The fourth-order valence-electron chi connectivity index (χ4n) is 5.08. The maximum Gasteiger partial charge on any atom is 0.402 e. The number of nitrogens with zero attached hydrogens (tertiary/aromatic N) is 2. The predicted octanol–water partition coefficient (Wildman–Crippen LogP) is 4.37. The summed E-state index contributed by atoms with van der Waals surface area (Å²) in [7, 11) is 4.63. The largest absolute Gasteiger partial charge is 0.496 e. The van der Waals surface area contributed by atoms with Crippen molar-refractivity contribution in [3.8, 4) is 11.7 Å². The average molecular weight is 544 g/mol. The lowest BCUT2D eigenvalue weighted by Gasteiger charge is -2.27. The number of Topliss-reactive ketones (excluding diaryl/α,β-unsaturated/α-hetero) is 1. The van der Waals surface area contributed by atoms with Gasteiger partial charge in [0, 0.05) is 27.2 Å². The molecule has 4 rings (SSSR count). The van der Waals surface area contributed by atoms with Crippen LogP contribution in [0, 0.1) is 6.92 Å². The summed E-state index contributed by atoms with van der Waals surface area (Å²) in [6.07, 6.45) is 1.92. The van der Waals surface area contributed by atoms with Crippen LogP contribution >= 0.6 is 21.6 Å². The molecular formula is C27H35N4O4S2+. The number of ether oxygens (including phenoxy) is 1. The molecule has 8 nitrogen and oxygen atoms in total. The van der Waals surface area contributed by atoms with Crippen LogP contribution in [0.4, 0.5) is 0 Å². The topological polar surface area (TPSA) is 122 Å². The minimum Gasteiger partial charge on any atom is -0.496 e. The van der Waals surface area contributed by atoms with E-state index in [1.54, 1.807) is 17.9 Å². The van der Waals surface area contributed by atoms with Crippen LogP contribution in [0.5, 0.6) is 5.75 Å². The molecule has 1 atom stereocenters. The molecule has 0 aliphatic heterocycles. The fourth-order valence-corrected chi connectivity index (χ4v) is 7.85. The second-order valence-corrected chi connectivity index (χ2v) is 14.1. The highest BCUT2D eigenvalue weighted by Crippen LogP contribution is 2.47. The summed E-state index contributed by atoms with van der Waals surface area (Å²) in [6, 6.07) is 5.01. The standard InChI is InChI=1S/C27H34N4O4S2/c1-14-19(13-36-37-27(6,7)21(28)22(32)33)31(10-9-20(14)35-8)24-29-17-11-15-16(12-18(17)30-24)26(4,5)23(34)25(15,2)3/h9-12,21H,13,28H2,1-8H3,(H-,29,30,32,33)/p+1. The highest BCUT2D eigenvalue weighted by molar-refractivity contribution is 8.76. The second kappa shape index (κ2) is 9.32. The number of aliphatic carboxylic acids is 1. The summed E-state index contributed by atoms with van der Waals surface area (Å²) in [4.78, 5) is 32.9. The number of imidazole rings is 1. The highest BCUT2D eigenvalue weighted by atomic mass is 33.1. The Labute approximate surface area is 225 Å². The van der Waals surface area contributed by atoms with Gasteiger partial charge in [-0.2, -0.15) is 0 Å². The third-order valence-corrected chi connectivity index (χ3v) is 10.7. The lowest BCUT2D eigenvalue weighted by Crippen LogP contribution is -2.46. The van der Waals surface area contributed by atoms with Gasteiger partial charge in [0.1, 0.15) is 23.0 Å². The van der Waals surface area contributed by atoms with Crippen molar-refractivity contribution in [1.29, 1.82) is 0 Å². The number of carboxylic acid groups (broad SMARTS) is 1. The first-order valence-corrected chi connectivity index (χ1v) is 14.4. The number of carbonyl (C=O) groups is 2. The minimum atomic E-state index is -1.02. The monoisotopic (exact) mass is 543 g/mol. The van der Waals surface area contributed by atoms with Gasteiger partial charge < -0.3 is 15.6 Å². The van der Waals surface area contributed by atoms with Crippen LogP contribution in [0.15, 0.2) is 24.4 Å². The average Bonchev–Trinajstić information content (AvgIpc) is 3.30. The maximum atomic E-state index is 13.1. The molecule has 1 aliphatic carbocycles. The molecular weight excluding hydrogens is 508 g/mol. The third-order valence-electron chi connectivity index (χ3n) is 7.49. The Morgan fingerprint density at radius 2 is 1.86 bits per heavy atom. The smallest absolute Gasteiger partial charge is 0.402 e. The van der Waals surface area contributed by atoms with Crippen LogP contribution < -0.4 is 15.0 Å². The van der Waals surface area contributed by atoms with E-state index < -0.39 is 27.6 Å².